The fraction of sp³-hybridized carbons (Fsp3) is 0.348. The van der Waals surface area contributed by atoms with Crippen LogP contribution in [-0.4, -0.2) is 23.4 Å². The van der Waals surface area contributed by atoms with Crippen molar-refractivity contribution < 1.29 is 13.6 Å². The van der Waals surface area contributed by atoms with Crippen molar-refractivity contribution in [2.45, 2.75) is 39.7 Å². The van der Waals surface area contributed by atoms with E-state index in [9.17, 15) is 13.6 Å². The van der Waals surface area contributed by atoms with Gasteiger partial charge in [-0.05, 0) is 37.6 Å². The third-order valence-corrected chi connectivity index (χ3v) is 5.74. The van der Waals surface area contributed by atoms with Gasteiger partial charge in [0.25, 0.3) is 11.8 Å². The fourth-order valence-electron chi connectivity index (χ4n) is 4.07. The first-order valence-electron chi connectivity index (χ1n) is 9.92. The van der Waals surface area contributed by atoms with E-state index >= 15 is 0 Å². The number of nitrogens with two attached hydrogens (primary N) is 2. The van der Waals surface area contributed by atoms with Gasteiger partial charge in [0.05, 0.1) is 23.1 Å². The van der Waals surface area contributed by atoms with Gasteiger partial charge >= 0.3 is 0 Å². The van der Waals surface area contributed by atoms with E-state index in [1.165, 1.54) is 12.1 Å². The monoisotopic (exact) mass is 414 g/mol. The second-order valence-electron chi connectivity index (χ2n) is 7.95. The van der Waals surface area contributed by atoms with Crippen LogP contribution in [0, 0.1) is 12.8 Å². The van der Waals surface area contributed by atoms with E-state index in [0.29, 0.717) is 12.2 Å². The van der Waals surface area contributed by atoms with Gasteiger partial charge < -0.3 is 10.6 Å². The van der Waals surface area contributed by atoms with Crippen molar-refractivity contribution in [3.8, 4) is 0 Å². The van der Waals surface area contributed by atoms with Crippen LogP contribution in [0.3, 0.4) is 0 Å². The van der Waals surface area contributed by atoms with Crippen LogP contribution in [0.5, 0.6) is 0 Å². The van der Waals surface area contributed by atoms with E-state index in [0.717, 1.165) is 18.3 Å². The molecular formula is C23H28F2N4O. The van der Waals surface area contributed by atoms with Gasteiger partial charge in [-0.2, -0.15) is 0 Å². The lowest BCUT2D eigenvalue weighted by Crippen LogP contribution is -2.52. The molecule has 0 spiro atoms. The van der Waals surface area contributed by atoms with Crippen molar-refractivity contribution >= 4 is 11.6 Å². The van der Waals surface area contributed by atoms with Gasteiger partial charge in [0.1, 0.15) is 0 Å². The average Bonchev–Trinajstić information content (AvgIpc) is 2.70. The van der Waals surface area contributed by atoms with Crippen molar-refractivity contribution in [2.24, 2.45) is 17.5 Å². The Labute approximate surface area is 175 Å². The summed E-state index contributed by atoms with van der Waals surface area (Å²) in [5, 5.41) is 1.56. The van der Waals surface area contributed by atoms with Crippen molar-refractivity contribution in [2.75, 3.05) is 11.6 Å². The summed E-state index contributed by atoms with van der Waals surface area (Å²) in [7, 11) is 0. The molecule has 160 valence electrons. The zero-order valence-electron chi connectivity index (χ0n) is 17.7. The normalized spacial score (nSPS) is 19.8. The third kappa shape index (κ3) is 3.89. The standard InChI is InChI=1S/C23H28F2N4O/c1-14-13-28(22(30)18-11-8-12-19(15(18)2)23(4,24)25)16(3)20(26)21(14)29(27)17-9-6-5-7-10-17/h5-12,14,16H,13,26-27H2,1-4H3. The lowest BCUT2D eigenvalue weighted by Gasteiger charge is -2.41. The average molecular weight is 415 g/mol. The topological polar surface area (TPSA) is 75.6 Å². The predicted octanol–water partition coefficient (Wildman–Crippen LogP) is 4.14. The van der Waals surface area contributed by atoms with Crippen molar-refractivity contribution in [3.05, 3.63) is 76.6 Å². The summed E-state index contributed by atoms with van der Waals surface area (Å²) in [6.45, 7) is 6.54. The summed E-state index contributed by atoms with van der Waals surface area (Å²) < 4.78 is 27.9. The Morgan fingerprint density at radius 2 is 1.77 bits per heavy atom. The smallest absolute Gasteiger partial charge is 0.270 e. The van der Waals surface area contributed by atoms with Crippen LogP contribution in [0.15, 0.2) is 59.9 Å². The summed E-state index contributed by atoms with van der Waals surface area (Å²) in [5.41, 5.74) is 8.88. The van der Waals surface area contributed by atoms with Crippen LogP contribution in [0.25, 0.3) is 0 Å². The molecule has 1 heterocycles. The highest BCUT2D eigenvalue weighted by molar-refractivity contribution is 5.96. The molecule has 1 aliphatic rings. The SMILES string of the molecule is Cc1c(C(=O)N2CC(C)C(N(N)c3ccccc3)=C(N)C2C)cccc1C(C)(F)F. The molecule has 1 amide bonds. The Morgan fingerprint density at radius 3 is 2.37 bits per heavy atom. The maximum atomic E-state index is 13.9. The zero-order valence-corrected chi connectivity index (χ0v) is 17.7. The highest BCUT2D eigenvalue weighted by atomic mass is 19.3. The number of halogens is 2. The van der Waals surface area contributed by atoms with E-state index in [-0.39, 0.29) is 28.5 Å². The number of carbonyl (C=O) groups is 1. The summed E-state index contributed by atoms with van der Waals surface area (Å²) in [6, 6.07) is 13.4. The highest BCUT2D eigenvalue weighted by Crippen LogP contribution is 2.34. The first-order valence-corrected chi connectivity index (χ1v) is 9.92. The molecule has 0 saturated carbocycles. The largest absolute Gasteiger partial charge is 0.399 e. The molecule has 7 heteroatoms. The number of anilines is 1. The van der Waals surface area contributed by atoms with Crippen molar-refractivity contribution in [1.29, 1.82) is 0 Å². The molecule has 0 radical (unpaired) electrons. The van der Waals surface area contributed by atoms with E-state index < -0.39 is 12.0 Å². The molecule has 2 atom stereocenters. The molecule has 0 saturated heterocycles. The molecular weight excluding hydrogens is 386 g/mol. The minimum atomic E-state index is -3.02. The Morgan fingerprint density at radius 1 is 1.13 bits per heavy atom. The summed E-state index contributed by atoms with van der Waals surface area (Å²) >= 11 is 0. The van der Waals surface area contributed by atoms with Crippen molar-refractivity contribution in [1.82, 2.24) is 4.90 Å². The van der Waals surface area contributed by atoms with E-state index in [4.69, 9.17) is 11.6 Å². The first kappa shape index (κ1) is 21.8. The minimum Gasteiger partial charge on any atom is -0.399 e. The van der Waals surface area contributed by atoms with E-state index in [1.54, 1.807) is 22.9 Å². The Bertz CT molecular complexity index is 969. The van der Waals surface area contributed by atoms with Gasteiger partial charge in [0, 0.05) is 30.5 Å². The first-order chi connectivity index (χ1) is 14.0. The Hall–Kier alpha value is -2.93. The lowest BCUT2D eigenvalue weighted by atomic mass is 9.92. The second kappa shape index (κ2) is 8.07. The molecule has 4 N–H and O–H groups in total. The number of rotatable bonds is 4. The molecule has 3 rings (SSSR count). The molecule has 5 nitrogen and oxygen atoms in total. The Kier molecular flexibility index (Phi) is 5.85. The van der Waals surface area contributed by atoms with E-state index in [2.05, 4.69) is 0 Å². The third-order valence-electron chi connectivity index (χ3n) is 5.74. The Balaban J connectivity index is 1.95. The fourth-order valence-corrected chi connectivity index (χ4v) is 4.07. The summed E-state index contributed by atoms with van der Waals surface area (Å²) in [5.74, 6) is 2.87. The molecule has 0 aliphatic carbocycles. The van der Waals surface area contributed by atoms with Crippen molar-refractivity contribution in [3.63, 3.8) is 0 Å². The van der Waals surface area contributed by atoms with Crippen LogP contribution in [0.2, 0.25) is 0 Å². The summed E-state index contributed by atoms with van der Waals surface area (Å²) in [6.07, 6.45) is 0. The number of amides is 1. The van der Waals surface area contributed by atoms with Crippen LogP contribution < -0.4 is 16.6 Å². The number of hydrazine groups is 1. The number of alkyl halides is 2. The molecule has 30 heavy (non-hydrogen) atoms. The minimum absolute atomic E-state index is 0.133. The second-order valence-corrected chi connectivity index (χ2v) is 7.95. The molecule has 1 aliphatic heterocycles. The zero-order chi connectivity index (χ0) is 22.2. The van der Waals surface area contributed by atoms with Crippen LogP contribution in [0.1, 0.15) is 42.3 Å². The molecule has 2 aromatic carbocycles. The lowest BCUT2D eigenvalue weighted by molar-refractivity contribution is 0.0167. The van der Waals surface area contributed by atoms with Gasteiger partial charge in [-0.25, -0.2) is 14.6 Å². The number of para-hydroxylation sites is 1. The summed E-state index contributed by atoms with van der Waals surface area (Å²) in [4.78, 5) is 14.9. The molecule has 0 aromatic heterocycles. The number of hydrogen-bond acceptors (Lipinski definition) is 4. The van der Waals surface area contributed by atoms with Gasteiger partial charge in [-0.3, -0.25) is 9.80 Å². The maximum Gasteiger partial charge on any atom is 0.270 e. The molecule has 0 fully saturated rings. The van der Waals surface area contributed by atoms with E-state index in [1.807, 2.05) is 44.2 Å². The molecule has 0 bridgehead atoms. The number of benzene rings is 2. The van der Waals surface area contributed by atoms with Gasteiger partial charge in [0.2, 0.25) is 0 Å². The number of carbonyl (C=O) groups excluding carboxylic acids is 1. The van der Waals surface area contributed by atoms with Gasteiger partial charge in [-0.1, -0.05) is 37.3 Å². The van der Waals surface area contributed by atoms with Crippen LogP contribution >= 0.6 is 0 Å². The predicted molar refractivity (Wildman–Crippen MR) is 115 cm³/mol. The van der Waals surface area contributed by atoms with Gasteiger partial charge in [-0.15, -0.1) is 0 Å². The highest BCUT2D eigenvalue weighted by Gasteiger charge is 2.36. The quantitative estimate of drug-likeness (QED) is 0.582. The number of hydrogen-bond donors (Lipinski definition) is 2. The van der Waals surface area contributed by atoms with Gasteiger partial charge in [0.15, 0.2) is 0 Å². The van der Waals surface area contributed by atoms with Crippen LogP contribution in [0.4, 0.5) is 14.5 Å². The van der Waals surface area contributed by atoms with Crippen LogP contribution in [-0.2, 0) is 5.92 Å². The molecule has 2 unspecified atom stereocenters. The maximum absolute atomic E-state index is 13.9. The molecule has 2 aromatic rings. The number of nitrogens with zero attached hydrogens (tertiary/aromatic N) is 2.